The number of rotatable bonds is 4. The molecule has 0 saturated carbocycles. The average Bonchev–Trinajstić information content (AvgIpc) is 2.36. The van der Waals surface area contributed by atoms with Crippen molar-refractivity contribution in [3.05, 3.63) is 59.3 Å². The summed E-state index contributed by atoms with van der Waals surface area (Å²) >= 11 is 1.67. The smallest absolute Gasteiger partial charge is 0.132 e. The van der Waals surface area contributed by atoms with Crippen LogP contribution in [0.2, 0.25) is 0 Å². The third kappa shape index (κ3) is 3.80. The fourth-order valence-corrected chi connectivity index (χ4v) is 2.85. The second-order valence-corrected chi connectivity index (χ2v) is 6.02. The number of alkyl halides is 1. The largest absolute Gasteiger partial charge is 0.246 e. The predicted molar refractivity (Wildman–Crippen MR) is 79.1 cm³/mol. The van der Waals surface area contributed by atoms with E-state index in [2.05, 4.69) is 17.1 Å². The van der Waals surface area contributed by atoms with Gasteiger partial charge in [0, 0.05) is 17.0 Å². The zero-order valence-corrected chi connectivity index (χ0v) is 12.3. The van der Waals surface area contributed by atoms with Crippen LogP contribution in [0, 0.1) is 6.92 Å². The second-order valence-electron chi connectivity index (χ2n) is 5.03. The van der Waals surface area contributed by atoms with Gasteiger partial charge in [-0.2, -0.15) is 0 Å². The first-order valence-electron chi connectivity index (χ1n) is 6.30. The first kappa shape index (κ1) is 14.1. The molecule has 1 nitrogen and oxygen atoms in total. The maximum Gasteiger partial charge on any atom is 0.132 e. The number of aromatic nitrogens is 1. The van der Waals surface area contributed by atoms with Crippen LogP contribution in [0.15, 0.2) is 47.5 Å². The van der Waals surface area contributed by atoms with Gasteiger partial charge < -0.3 is 0 Å². The molecule has 0 amide bonds. The normalized spacial score (nSPS) is 11.6. The molecular formula is C16H18FNS. The monoisotopic (exact) mass is 275 g/mol. The van der Waals surface area contributed by atoms with Crippen LogP contribution < -0.4 is 0 Å². The van der Waals surface area contributed by atoms with Gasteiger partial charge in [0.2, 0.25) is 0 Å². The highest BCUT2D eigenvalue weighted by Gasteiger charge is 2.21. The van der Waals surface area contributed by atoms with E-state index in [-0.39, 0.29) is 0 Å². The molecule has 0 fully saturated rings. The lowest BCUT2D eigenvalue weighted by Crippen LogP contribution is -2.12. The molecule has 0 aliphatic rings. The molecular weight excluding hydrogens is 257 g/mol. The summed E-state index contributed by atoms with van der Waals surface area (Å²) in [5, 5.41) is 0.939. The molecule has 0 bridgehead atoms. The van der Waals surface area contributed by atoms with Gasteiger partial charge in [0.05, 0.1) is 5.03 Å². The van der Waals surface area contributed by atoms with Crippen molar-refractivity contribution < 1.29 is 4.39 Å². The molecule has 0 aliphatic carbocycles. The number of halogens is 1. The minimum absolute atomic E-state index is 0.663. The van der Waals surface area contributed by atoms with Crippen molar-refractivity contribution in [2.45, 2.75) is 37.2 Å². The van der Waals surface area contributed by atoms with Crippen molar-refractivity contribution in [2.75, 3.05) is 0 Å². The summed E-state index contributed by atoms with van der Waals surface area (Å²) in [7, 11) is 0. The number of aryl methyl sites for hydroxylation is 1. The van der Waals surface area contributed by atoms with Crippen molar-refractivity contribution in [1.29, 1.82) is 0 Å². The van der Waals surface area contributed by atoms with E-state index in [4.69, 9.17) is 0 Å². The van der Waals surface area contributed by atoms with Gasteiger partial charge in [-0.15, -0.1) is 11.8 Å². The molecule has 1 aromatic carbocycles. The van der Waals surface area contributed by atoms with E-state index in [1.165, 1.54) is 5.56 Å². The topological polar surface area (TPSA) is 12.9 Å². The number of nitrogens with zero attached hydrogens (tertiary/aromatic N) is 1. The second kappa shape index (κ2) is 5.74. The summed E-state index contributed by atoms with van der Waals surface area (Å²) < 4.78 is 13.9. The Labute approximate surface area is 118 Å². The summed E-state index contributed by atoms with van der Waals surface area (Å²) in [5.74, 6) is 0.881. The predicted octanol–water partition coefficient (Wildman–Crippen LogP) is 4.89. The van der Waals surface area contributed by atoms with E-state index < -0.39 is 5.67 Å². The molecule has 0 N–H and O–H groups in total. The van der Waals surface area contributed by atoms with E-state index in [1.54, 1.807) is 25.6 Å². The molecule has 0 radical (unpaired) electrons. The highest BCUT2D eigenvalue weighted by atomic mass is 32.2. The number of pyridine rings is 1. The quantitative estimate of drug-likeness (QED) is 0.737. The summed E-state index contributed by atoms with van der Waals surface area (Å²) in [6, 6.07) is 14.0. The number of hydrogen-bond donors (Lipinski definition) is 0. The van der Waals surface area contributed by atoms with E-state index in [1.807, 2.05) is 37.3 Å². The van der Waals surface area contributed by atoms with Crippen LogP contribution in [0.25, 0.3) is 0 Å². The maximum absolute atomic E-state index is 13.9. The lowest BCUT2D eigenvalue weighted by Gasteiger charge is -2.17. The SMILES string of the molecule is Cc1nc(SCc2ccccc2)ccc1C(C)(C)F. The highest BCUT2D eigenvalue weighted by molar-refractivity contribution is 7.98. The number of thioether (sulfide) groups is 1. The minimum Gasteiger partial charge on any atom is -0.246 e. The van der Waals surface area contributed by atoms with E-state index in [9.17, 15) is 4.39 Å². The van der Waals surface area contributed by atoms with Gasteiger partial charge >= 0.3 is 0 Å². The van der Waals surface area contributed by atoms with Crippen LogP contribution >= 0.6 is 11.8 Å². The van der Waals surface area contributed by atoms with Gasteiger partial charge in [0.25, 0.3) is 0 Å². The Morgan fingerprint density at radius 3 is 2.37 bits per heavy atom. The third-order valence-corrected chi connectivity index (χ3v) is 3.93. The molecule has 2 aromatic rings. The zero-order chi connectivity index (χ0) is 13.9. The maximum atomic E-state index is 13.9. The van der Waals surface area contributed by atoms with E-state index in [0.29, 0.717) is 5.56 Å². The van der Waals surface area contributed by atoms with Crippen LogP contribution in [-0.4, -0.2) is 4.98 Å². The van der Waals surface area contributed by atoms with E-state index >= 15 is 0 Å². The third-order valence-electron chi connectivity index (χ3n) is 2.93. The molecule has 0 aliphatic heterocycles. The summed E-state index contributed by atoms with van der Waals surface area (Å²) in [6.07, 6.45) is 0. The van der Waals surface area contributed by atoms with Gasteiger partial charge in [-0.25, -0.2) is 9.37 Å². The lowest BCUT2D eigenvalue weighted by atomic mass is 9.99. The Morgan fingerprint density at radius 2 is 1.79 bits per heavy atom. The van der Waals surface area contributed by atoms with Crippen molar-refractivity contribution in [2.24, 2.45) is 0 Å². The summed E-state index contributed by atoms with van der Waals surface area (Å²) in [5.41, 5.74) is 1.36. The van der Waals surface area contributed by atoms with Crippen LogP contribution in [0.3, 0.4) is 0 Å². The minimum atomic E-state index is -1.33. The molecule has 100 valence electrons. The lowest BCUT2D eigenvalue weighted by molar-refractivity contribution is 0.219. The first-order valence-corrected chi connectivity index (χ1v) is 7.29. The number of hydrogen-bond acceptors (Lipinski definition) is 2. The molecule has 0 unspecified atom stereocenters. The van der Waals surface area contributed by atoms with Crippen LogP contribution in [0.4, 0.5) is 4.39 Å². The Balaban J connectivity index is 2.09. The molecule has 0 spiro atoms. The first-order chi connectivity index (χ1) is 8.97. The van der Waals surface area contributed by atoms with E-state index in [0.717, 1.165) is 16.5 Å². The van der Waals surface area contributed by atoms with Gasteiger partial charge in [-0.1, -0.05) is 36.4 Å². The Bertz CT molecular complexity index is 546. The standard InChI is InChI=1S/C16H18FNS/c1-12-14(16(2,3)17)9-10-15(18-12)19-11-13-7-5-4-6-8-13/h4-10H,11H2,1-3H3. The molecule has 0 saturated heterocycles. The van der Waals surface area contributed by atoms with Crippen molar-refractivity contribution in [3.63, 3.8) is 0 Å². The number of benzene rings is 1. The Kier molecular flexibility index (Phi) is 4.25. The molecule has 1 aromatic heterocycles. The zero-order valence-electron chi connectivity index (χ0n) is 11.5. The fraction of sp³-hybridized carbons (Fsp3) is 0.312. The van der Waals surface area contributed by atoms with Gasteiger partial charge in [0.1, 0.15) is 5.67 Å². The van der Waals surface area contributed by atoms with Gasteiger partial charge in [0.15, 0.2) is 0 Å². The molecule has 3 heteroatoms. The summed E-state index contributed by atoms with van der Waals surface area (Å²) in [6.45, 7) is 4.99. The fourth-order valence-electron chi connectivity index (χ4n) is 1.98. The molecule has 0 atom stereocenters. The van der Waals surface area contributed by atoms with Crippen LogP contribution in [-0.2, 0) is 11.4 Å². The van der Waals surface area contributed by atoms with Gasteiger partial charge in [-0.3, -0.25) is 0 Å². The summed E-state index contributed by atoms with van der Waals surface area (Å²) in [4.78, 5) is 4.48. The van der Waals surface area contributed by atoms with Crippen molar-refractivity contribution in [3.8, 4) is 0 Å². The van der Waals surface area contributed by atoms with Crippen LogP contribution in [0.5, 0.6) is 0 Å². The van der Waals surface area contributed by atoms with Crippen molar-refractivity contribution in [1.82, 2.24) is 4.98 Å². The average molecular weight is 275 g/mol. The molecule has 2 rings (SSSR count). The van der Waals surface area contributed by atoms with Crippen molar-refractivity contribution >= 4 is 11.8 Å². The molecule has 19 heavy (non-hydrogen) atoms. The Hall–Kier alpha value is -1.35. The Morgan fingerprint density at radius 1 is 1.11 bits per heavy atom. The highest BCUT2D eigenvalue weighted by Crippen LogP contribution is 2.29. The van der Waals surface area contributed by atoms with Crippen LogP contribution in [0.1, 0.15) is 30.7 Å². The van der Waals surface area contributed by atoms with Gasteiger partial charge in [-0.05, 0) is 32.4 Å². The molecule has 1 heterocycles.